The molecule has 2 aromatic heterocycles. The SMILES string of the molecule is O=C(NCc1ccccn1)n1c2ccccc2c2ccccc21. The van der Waals surface area contributed by atoms with Crippen LogP contribution in [-0.4, -0.2) is 15.6 Å². The predicted octanol–water partition coefficient (Wildman–Crippen LogP) is 3.95. The van der Waals surface area contributed by atoms with Crippen LogP contribution in [0.25, 0.3) is 21.8 Å². The van der Waals surface area contributed by atoms with Gasteiger partial charge in [-0.2, -0.15) is 0 Å². The number of rotatable bonds is 2. The lowest BCUT2D eigenvalue weighted by molar-refractivity contribution is 0.243. The third-order valence-corrected chi connectivity index (χ3v) is 3.93. The van der Waals surface area contributed by atoms with Crippen LogP contribution in [0.15, 0.2) is 72.9 Å². The molecule has 0 saturated carbocycles. The molecule has 0 bridgehead atoms. The molecule has 0 radical (unpaired) electrons. The third kappa shape index (κ3) is 2.34. The zero-order valence-electron chi connectivity index (χ0n) is 12.4. The summed E-state index contributed by atoms with van der Waals surface area (Å²) in [6, 6.07) is 21.4. The zero-order chi connectivity index (χ0) is 15.6. The number of hydrogen-bond acceptors (Lipinski definition) is 2. The van der Waals surface area contributed by atoms with Crippen molar-refractivity contribution in [3.05, 3.63) is 78.6 Å². The largest absolute Gasteiger partial charge is 0.332 e. The second kappa shape index (κ2) is 5.57. The number of benzene rings is 2. The molecule has 0 spiro atoms. The van der Waals surface area contributed by atoms with Gasteiger partial charge < -0.3 is 5.32 Å². The summed E-state index contributed by atoms with van der Waals surface area (Å²) in [4.78, 5) is 17.0. The van der Waals surface area contributed by atoms with Gasteiger partial charge in [-0.05, 0) is 24.3 Å². The van der Waals surface area contributed by atoms with Gasteiger partial charge in [-0.1, -0.05) is 42.5 Å². The quantitative estimate of drug-likeness (QED) is 0.609. The van der Waals surface area contributed by atoms with E-state index in [1.54, 1.807) is 10.8 Å². The Kier molecular flexibility index (Phi) is 3.27. The number of hydrogen-bond donors (Lipinski definition) is 1. The van der Waals surface area contributed by atoms with Gasteiger partial charge in [0, 0.05) is 17.0 Å². The van der Waals surface area contributed by atoms with Crippen molar-refractivity contribution in [3.8, 4) is 0 Å². The lowest BCUT2D eigenvalue weighted by Crippen LogP contribution is -2.28. The molecule has 1 amide bonds. The molecule has 4 aromatic rings. The highest BCUT2D eigenvalue weighted by molar-refractivity contribution is 6.12. The van der Waals surface area contributed by atoms with Crippen molar-refractivity contribution in [1.29, 1.82) is 0 Å². The van der Waals surface area contributed by atoms with E-state index in [-0.39, 0.29) is 6.03 Å². The predicted molar refractivity (Wildman–Crippen MR) is 91.3 cm³/mol. The first kappa shape index (κ1) is 13.5. The molecule has 4 rings (SSSR count). The van der Waals surface area contributed by atoms with E-state index in [4.69, 9.17) is 0 Å². The van der Waals surface area contributed by atoms with Gasteiger partial charge in [-0.15, -0.1) is 0 Å². The number of carbonyl (C=O) groups excluding carboxylic acids is 1. The minimum Gasteiger partial charge on any atom is -0.332 e. The van der Waals surface area contributed by atoms with Crippen molar-refractivity contribution in [1.82, 2.24) is 14.9 Å². The van der Waals surface area contributed by atoms with Crippen LogP contribution in [0.4, 0.5) is 4.79 Å². The average molecular weight is 301 g/mol. The van der Waals surface area contributed by atoms with Crippen molar-refractivity contribution in [3.63, 3.8) is 0 Å². The van der Waals surface area contributed by atoms with Gasteiger partial charge in [-0.3, -0.25) is 9.55 Å². The molecule has 4 heteroatoms. The van der Waals surface area contributed by atoms with E-state index in [1.807, 2.05) is 66.7 Å². The van der Waals surface area contributed by atoms with Crippen LogP contribution in [0.2, 0.25) is 0 Å². The fraction of sp³-hybridized carbons (Fsp3) is 0.0526. The lowest BCUT2D eigenvalue weighted by Gasteiger charge is -2.08. The maximum atomic E-state index is 12.7. The molecule has 4 nitrogen and oxygen atoms in total. The smallest absolute Gasteiger partial charge is 0.326 e. The van der Waals surface area contributed by atoms with Crippen LogP contribution in [0.3, 0.4) is 0 Å². The van der Waals surface area contributed by atoms with E-state index in [0.717, 1.165) is 27.5 Å². The summed E-state index contributed by atoms with van der Waals surface area (Å²) in [5.74, 6) is 0. The molecule has 1 N–H and O–H groups in total. The molecule has 0 aliphatic rings. The highest BCUT2D eigenvalue weighted by atomic mass is 16.2. The summed E-state index contributed by atoms with van der Waals surface area (Å²) in [7, 11) is 0. The Bertz CT molecular complexity index is 936. The first-order valence-electron chi connectivity index (χ1n) is 7.51. The van der Waals surface area contributed by atoms with Crippen LogP contribution in [-0.2, 0) is 6.54 Å². The number of nitrogens with one attached hydrogen (secondary N) is 1. The van der Waals surface area contributed by atoms with Gasteiger partial charge >= 0.3 is 6.03 Å². The molecule has 0 unspecified atom stereocenters. The Morgan fingerprint density at radius 1 is 0.870 bits per heavy atom. The van der Waals surface area contributed by atoms with Gasteiger partial charge in [0.2, 0.25) is 0 Å². The molecule has 0 fully saturated rings. The standard InChI is InChI=1S/C19H15N3O/c23-19(21-13-14-7-5-6-12-20-14)22-17-10-3-1-8-15(17)16-9-2-4-11-18(16)22/h1-12H,13H2,(H,21,23). The Morgan fingerprint density at radius 3 is 2.09 bits per heavy atom. The van der Waals surface area contributed by atoms with Crippen LogP contribution < -0.4 is 5.32 Å². The maximum Gasteiger partial charge on any atom is 0.326 e. The first-order valence-corrected chi connectivity index (χ1v) is 7.51. The Labute approximate surface area is 133 Å². The number of nitrogens with zero attached hydrogens (tertiary/aromatic N) is 2. The Hall–Kier alpha value is -3.14. The second-order valence-electron chi connectivity index (χ2n) is 5.35. The molecular formula is C19H15N3O. The number of fused-ring (bicyclic) bond motifs is 3. The van der Waals surface area contributed by atoms with Crippen molar-refractivity contribution < 1.29 is 4.79 Å². The molecule has 0 atom stereocenters. The number of pyridine rings is 1. The third-order valence-electron chi connectivity index (χ3n) is 3.93. The molecule has 2 heterocycles. The van der Waals surface area contributed by atoms with Gasteiger partial charge in [0.05, 0.1) is 23.3 Å². The van der Waals surface area contributed by atoms with Crippen LogP contribution in [0, 0.1) is 0 Å². The van der Waals surface area contributed by atoms with Crippen LogP contribution in [0.1, 0.15) is 5.69 Å². The fourth-order valence-corrected chi connectivity index (χ4v) is 2.89. The van der Waals surface area contributed by atoms with Crippen molar-refractivity contribution >= 4 is 27.8 Å². The molecule has 112 valence electrons. The van der Waals surface area contributed by atoms with Crippen molar-refractivity contribution in [2.45, 2.75) is 6.54 Å². The minimum absolute atomic E-state index is 0.145. The molecule has 0 saturated heterocycles. The normalized spacial score (nSPS) is 11.0. The Morgan fingerprint density at radius 2 is 1.48 bits per heavy atom. The summed E-state index contributed by atoms with van der Waals surface area (Å²) in [5.41, 5.74) is 2.65. The van der Waals surface area contributed by atoms with Gasteiger partial charge in [0.15, 0.2) is 0 Å². The van der Waals surface area contributed by atoms with Crippen LogP contribution in [0.5, 0.6) is 0 Å². The van der Waals surface area contributed by atoms with E-state index in [1.165, 1.54) is 0 Å². The fourth-order valence-electron chi connectivity index (χ4n) is 2.89. The maximum absolute atomic E-state index is 12.7. The highest BCUT2D eigenvalue weighted by Crippen LogP contribution is 2.28. The van der Waals surface area contributed by atoms with Gasteiger partial charge in [0.25, 0.3) is 0 Å². The Balaban J connectivity index is 1.76. The summed E-state index contributed by atoms with van der Waals surface area (Å²) < 4.78 is 1.73. The number of para-hydroxylation sites is 2. The van der Waals surface area contributed by atoms with Crippen LogP contribution >= 0.6 is 0 Å². The second-order valence-corrected chi connectivity index (χ2v) is 5.35. The van der Waals surface area contributed by atoms with Crippen molar-refractivity contribution in [2.24, 2.45) is 0 Å². The van der Waals surface area contributed by atoms with E-state index in [9.17, 15) is 4.79 Å². The number of amides is 1. The molecule has 2 aromatic carbocycles. The topological polar surface area (TPSA) is 46.9 Å². The monoisotopic (exact) mass is 301 g/mol. The molecule has 23 heavy (non-hydrogen) atoms. The van der Waals surface area contributed by atoms with Gasteiger partial charge in [0.1, 0.15) is 0 Å². The van der Waals surface area contributed by atoms with E-state index < -0.39 is 0 Å². The average Bonchev–Trinajstić information content (AvgIpc) is 2.95. The zero-order valence-corrected chi connectivity index (χ0v) is 12.4. The summed E-state index contributed by atoms with van der Waals surface area (Å²) >= 11 is 0. The summed E-state index contributed by atoms with van der Waals surface area (Å²) in [6.45, 7) is 0.403. The van der Waals surface area contributed by atoms with E-state index in [2.05, 4.69) is 10.3 Å². The van der Waals surface area contributed by atoms with Gasteiger partial charge in [-0.25, -0.2) is 4.79 Å². The summed E-state index contributed by atoms with van der Waals surface area (Å²) in [6.07, 6.45) is 1.72. The van der Waals surface area contributed by atoms with E-state index >= 15 is 0 Å². The van der Waals surface area contributed by atoms with Crippen molar-refractivity contribution in [2.75, 3.05) is 0 Å². The minimum atomic E-state index is -0.145. The molecule has 0 aliphatic carbocycles. The molecular weight excluding hydrogens is 286 g/mol. The summed E-state index contributed by atoms with van der Waals surface area (Å²) in [5, 5.41) is 5.11. The first-order chi connectivity index (χ1) is 11.3. The number of aromatic nitrogens is 2. The number of carbonyl (C=O) groups is 1. The van der Waals surface area contributed by atoms with E-state index in [0.29, 0.717) is 6.54 Å². The highest BCUT2D eigenvalue weighted by Gasteiger charge is 2.14. The molecule has 0 aliphatic heterocycles. The lowest BCUT2D eigenvalue weighted by atomic mass is 10.2.